The number of hydrogen-bond acceptors (Lipinski definition) is 4. The quantitative estimate of drug-likeness (QED) is 0.432. The Morgan fingerprint density at radius 2 is 2.15 bits per heavy atom. The average molecular weight is 217 g/mol. The second kappa shape index (κ2) is 8.30. The molecule has 0 radical (unpaired) electrons. The Morgan fingerprint density at radius 3 is 2.62 bits per heavy atom. The first kappa shape index (κ1) is 12.7. The summed E-state index contributed by atoms with van der Waals surface area (Å²) in [5, 5.41) is 10.3. The maximum Gasteiger partial charge on any atom is 0.148 e. The van der Waals surface area contributed by atoms with E-state index in [0.717, 1.165) is 23.2 Å². The van der Waals surface area contributed by atoms with E-state index in [2.05, 4.69) is 25.3 Å². The number of thiocarbonyl (C=S) groups is 1. The van der Waals surface area contributed by atoms with Crippen LogP contribution < -0.4 is 5.43 Å². The van der Waals surface area contributed by atoms with E-state index >= 15 is 0 Å². The van der Waals surface area contributed by atoms with Crippen LogP contribution in [0, 0.1) is 11.3 Å². The average Bonchev–Trinajstić information content (AvgIpc) is 2.14. The lowest BCUT2D eigenvalue weighted by Crippen LogP contribution is -2.39. The summed E-state index contributed by atoms with van der Waals surface area (Å²) in [5.74, 6) is 0.767. The maximum atomic E-state index is 8.32. The zero-order valence-corrected chi connectivity index (χ0v) is 9.67. The Morgan fingerprint density at radius 1 is 1.54 bits per heavy atom. The Balaban J connectivity index is 3.55. The third kappa shape index (κ3) is 6.82. The molecule has 0 amide bonds. The van der Waals surface area contributed by atoms with Crippen LogP contribution in [-0.4, -0.2) is 28.2 Å². The second-order valence-electron chi connectivity index (χ2n) is 2.33. The molecule has 0 fully saturated rings. The molecular weight excluding hydrogens is 202 g/mol. The number of nitrogens with one attached hydrogen (secondary N) is 1. The number of hydrogen-bond donors (Lipinski definition) is 1. The van der Waals surface area contributed by atoms with Crippen LogP contribution in [0.4, 0.5) is 0 Å². The molecule has 0 aromatic heterocycles. The Hall–Kier alpha value is -0.310. The van der Waals surface area contributed by atoms with E-state index in [4.69, 9.17) is 17.5 Å². The fourth-order valence-electron chi connectivity index (χ4n) is 0.732. The van der Waals surface area contributed by atoms with Crippen LogP contribution in [0.2, 0.25) is 0 Å². The first-order valence-electron chi connectivity index (χ1n) is 4.29. The van der Waals surface area contributed by atoms with Crippen molar-refractivity contribution in [2.45, 2.75) is 20.3 Å². The lowest BCUT2D eigenvalue weighted by atomic mass is 10.6. The third-order valence-corrected chi connectivity index (χ3v) is 2.67. The smallest absolute Gasteiger partial charge is 0.148 e. The van der Waals surface area contributed by atoms with Crippen molar-refractivity contribution in [1.29, 1.82) is 5.26 Å². The first-order valence-corrected chi connectivity index (χ1v) is 5.69. The summed E-state index contributed by atoms with van der Waals surface area (Å²) < 4.78 is 0.749. The molecule has 0 spiro atoms. The van der Waals surface area contributed by atoms with Gasteiger partial charge in [0.1, 0.15) is 4.32 Å². The van der Waals surface area contributed by atoms with Crippen molar-refractivity contribution in [2.75, 3.05) is 18.8 Å². The predicted octanol–water partition coefficient (Wildman–Crippen LogP) is 1.76. The van der Waals surface area contributed by atoms with Gasteiger partial charge in [0, 0.05) is 25.3 Å². The van der Waals surface area contributed by atoms with E-state index in [1.807, 2.05) is 5.01 Å². The highest BCUT2D eigenvalue weighted by Crippen LogP contribution is 2.03. The summed E-state index contributed by atoms with van der Waals surface area (Å²) >= 11 is 6.59. The molecule has 0 aromatic carbocycles. The summed E-state index contributed by atoms with van der Waals surface area (Å²) in [6.07, 6.45) is 0.546. The molecule has 0 atom stereocenters. The minimum Gasteiger partial charge on any atom is -0.304 e. The molecule has 1 N–H and O–H groups in total. The summed E-state index contributed by atoms with van der Waals surface area (Å²) in [5.41, 5.74) is 3.09. The van der Waals surface area contributed by atoms with Gasteiger partial charge in [-0.05, 0) is 0 Å². The molecule has 0 saturated heterocycles. The van der Waals surface area contributed by atoms with E-state index in [-0.39, 0.29) is 0 Å². The molecule has 13 heavy (non-hydrogen) atoms. The van der Waals surface area contributed by atoms with Crippen molar-refractivity contribution in [3.63, 3.8) is 0 Å². The molecule has 0 bridgehead atoms. The maximum absolute atomic E-state index is 8.32. The molecular formula is C8H15N3S2. The van der Waals surface area contributed by atoms with Crippen molar-refractivity contribution in [1.82, 2.24) is 10.4 Å². The SMILES string of the molecule is CCN(CC)NC(=S)SCCC#N. The highest BCUT2D eigenvalue weighted by molar-refractivity contribution is 8.22. The van der Waals surface area contributed by atoms with Gasteiger partial charge < -0.3 is 5.43 Å². The Bertz CT molecular complexity index is 184. The number of thioether (sulfide) groups is 1. The van der Waals surface area contributed by atoms with Crippen molar-refractivity contribution < 1.29 is 0 Å². The van der Waals surface area contributed by atoms with Gasteiger partial charge >= 0.3 is 0 Å². The standard InChI is InChI=1S/C8H15N3S2/c1-3-11(4-2)10-8(12)13-7-5-6-9/h3-5,7H2,1-2H3,(H,10,12). The van der Waals surface area contributed by atoms with E-state index in [1.54, 1.807) is 0 Å². The van der Waals surface area contributed by atoms with Gasteiger partial charge in [-0.25, -0.2) is 5.01 Å². The highest BCUT2D eigenvalue weighted by Gasteiger charge is 2.01. The summed E-state index contributed by atoms with van der Waals surface area (Å²) in [7, 11) is 0. The largest absolute Gasteiger partial charge is 0.304 e. The second-order valence-corrected chi connectivity index (χ2v) is 4.10. The monoisotopic (exact) mass is 217 g/mol. The van der Waals surface area contributed by atoms with Gasteiger partial charge in [-0.3, -0.25) is 0 Å². The van der Waals surface area contributed by atoms with Gasteiger partial charge in [0.25, 0.3) is 0 Å². The molecule has 0 rings (SSSR count). The van der Waals surface area contributed by atoms with Gasteiger partial charge in [-0.1, -0.05) is 37.8 Å². The molecule has 0 aliphatic carbocycles. The highest BCUT2D eigenvalue weighted by atomic mass is 32.2. The van der Waals surface area contributed by atoms with Crippen molar-refractivity contribution >= 4 is 28.3 Å². The van der Waals surface area contributed by atoms with Gasteiger partial charge in [0.05, 0.1) is 6.07 Å². The van der Waals surface area contributed by atoms with Crippen molar-refractivity contribution in [2.24, 2.45) is 0 Å². The molecule has 0 heterocycles. The van der Waals surface area contributed by atoms with Gasteiger partial charge in [0.15, 0.2) is 0 Å². The summed E-state index contributed by atoms with van der Waals surface area (Å²) in [6.45, 7) is 5.99. The van der Waals surface area contributed by atoms with Crippen LogP contribution in [0.5, 0.6) is 0 Å². The predicted molar refractivity (Wildman–Crippen MR) is 61.3 cm³/mol. The molecule has 5 heteroatoms. The zero-order chi connectivity index (χ0) is 10.1. The third-order valence-electron chi connectivity index (χ3n) is 1.46. The van der Waals surface area contributed by atoms with E-state index in [0.29, 0.717) is 6.42 Å². The minimum absolute atomic E-state index is 0.546. The number of nitriles is 1. The Kier molecular flexibility index (Phi) is 8.10. The molecule has 0 aliphatic heterocycles. The van der Waals surface area contributed by atoms with Crippen LogP contribution >= 0.6 is 24.0 Å². The van der Waals surface area contributed by atoms with E-state index < -0.39 is 0 Å². The van der Waals surface area contributed by atoms with Crippen LogP contribution in [0.1, 0.15) is 20.3 Å². The Labute approximate surface area is 89.4 Å². The van der Waals surface area contributed by atoms with E-state index in [9.17, 15) is 0 Å². The minimum atomic E-state index is 0.546. The van der Waals surface area contributed by atoms with Gasteiger partial charge in [0.2, 0.25) is 0 Å². The zero-order valence-electron chi connectivity index (χ0n) is 8.04. The lowest BCUT2D eigenvalue weighted by Gasteiger charge is -2.20. The molecule has 74 valence electrons. The van der Waals surface area contributed by atoms with Crippen LogP contribution in [0.25, 0.3) is 0 Å². The fraction of sp³-hybridized carbons (Fsp3) is 0.750. The number of rotatable bonds is 5. The number of nitrogens with zero attached hydrogens (tertiary/aromatic N) is 2. The normalized spacial score (nSPS) is 9.69. The fourth-order valence-corrected chi connectivity index (χ4v) is 1.68. The van der Waals surface area contributed by atoms with Gasteiger partial charge in [-0.15, -0.1) is 0 Å². The number of hydrazine groups is 1. The van der Waals surface area contributed by atoms with Gasteiger partial charge in [-0.2, -0.15) is 5.26 Å². The summed E-state index contributed by atoms with van der Waals surface area (Å²) in [6, 6.07) is 2.08. The summed E-state index contributed by atoms with van der Waals surface area (Å²) in [4.78, 5) is 0. The topological polar surface area (TPSA) is 39.1 Å². The molecule has 0 aliphatic rings. The molecule has 0 unspecified atom stereocenters. The van der Waals surface area contributed by atoms with Crippen LogP contribution in [0.15, 0.2) is 0 Å². The molecule has 3 nitrogen and oxygen atoms in total. The molecule has 0 saturated carbocycles. The van der Waals surface area contributed by atoms with Crippen molar-refractivity contribution in [3.05, 3.63) is 0 Å². The van der Waals surface area contributed by atoms with Crippen LogP contribution in [0.3, 0.4) is 0 Å². The van der Waals surface area contributed by atoms with E-state index in [1.165, 1.54) is 11.8 Å². The first-order chi connectivity index (χ1) is 6.24. The van der Waals surface area contributed by atoms with Crippen LogP contribution in [-0.2, 0) is 0 Å². The van der Waals surface area contributed by atoms with Crippen molar-refractivity contribution in [3.8, 4) is 6.07 Å². The molecule has 0 aromatic rings. The lowest BCUT2D eigenvalue weighted by molar-refractivity contribution is 0.267.